The zero-order valence-corrected chi connectivity index (χ0v) is 21.0. The van der Waals surface area contributed by atoms with Crippen molar-refractivity contribution in [3.8, 4) is 0 Å². The summed E-state index contributed by atoms with van der Waals surface area (Å²) in [7, 11) is -4.09. The average Bonchev–Trinajstić information content (AvgIpc) is 2.81. The van der Waals surface area contributed by atoms with Gasteiger partial charge in [0, 0.05) is 44.4 Å². The fourth-order valence-corrected chi connectivity index (χ4v) is 5.06. The van der Waals surface area contributed by atoms with Crippen LogP contribution >= 0.6 is 0 Å². The summed E-state index contributed by atoms with van der Waals surface area (Å²) in [5.74, 6) is -0.635. The minimum Gasteiger partial charge on any atom is -0.338 e. The van der Waals surface area contributed by atoms with Gasteiger partial charge in [-0.05, 0) is 31.4 Å². The number of urea groups is 1. The number of hydrogen-bond donors (Lipinski definition) is 2. The molecule has 0 radical (unpaired) electrons. The molecule has 0 aromatic heterocycles. The fourth-order valence-electron chi connectivity index (χ4n) is 3.76. The molecular weight excluding hydrogens is 462 g/mol. The van der Waals surface area contributed by atoms with Gasteiger partial charge in [0.25, 0.3) is 5.69 Å². The summed E-state index contributed by atoms with van der Waals surface area (Å²) < 4.78 is 28.4. The third-order valence-electron chi connectivity index (χ3n) is 6.13. The van der Waals surface area contributed by atoms with Gasteiger partial charge in [0.05, 0.1) is 9.82 Å². The molecule has 1 aliphatic rings. The molecule has 1 saturated heterocycles. The van der Waals surface area contributed by atoms with E-state index in [1.807, 2.05) is 20.8 Å². The molecular formula is C22H35N5O6S. The standard InChI is InChI=1S/C22H35N5O6S/c1-5-7-12-23-22(29)26-14-13-25(15-17(26)4)21(28)20(16(3)6-2)24-34(32,33)19-10-8-18(9-11-19)27(30)31/h8-11,16-17,20,24H,5-7,12-15H2,1-4H3,(H,23,29). The van der Waals surface area contributed by atoms with E-state index in [-0.39, 0.29) is 34.5 Å². The maximum Gasteiger partial charge on any atom is 0.317 e. The van der Waals surface area contributed by atoms with Gasteiger partial charge in [0.15, 0.2) is 0 Å². The van der Waals surface area contributed by atoms with E-state index in [0.717, 1.165) is 37.1 Å². The van der Waals surface area contributed by atoms with Gasteiger partial charge in [0.1, 0.15) is 6.04 Å². The number of unbranched alkanes of at least 4 members (excludes halogenated alkanes) is 1. The lowest BCUT2D eigenvalue weighted by atomic mass is 9.98. The van der Waals surface area contributed by atoms with E-state index in [0.29, 0.717) is 32.6 Å². The number of amides is 3. The van der Waals surface area contributed by atoms with Crippen molar-refractivity contribution in [1.29, 1.82) is 0 Å². The second-order valence-corrected chi connectivity index (χ2v) is 10.4. The van der Waals surface area contributed by atoms with E-state index in [1.54, 1.807) is 16.7 Å². The summed E-state index contributed by atoms with van der Waals surface area (Å²) >= 11 is 0. The molecule has 1 aliphatic heterocycles. The Labute approximate surface area is 201 Å². The molecule has 11 nitrogen and oxygen atoms in total. The van der Waals surface area contributed by atoms with Gasteiger partial charge in [-0.1, -0.05) is 33.6 Å². The SMILES string of the molecule is CCCCNC(=O)N1CCN(C(=O)C(NS(=O)(=O)c2ccc([N+](=O)[O-])cc2)C(C)CC)CC1C. The van der Waals surface area contributed by atoms with Crippen LogP contribution in [0.2, 0.25) is 0 Å². The van der Waals surface area contributed by atoms with Crippen LogP contribution in [0.15, 0.2) is 29.2 Å². The van der Waals surface area contributed by atoms with Crippen LogP contribution < -0.4 is 10.0 Å². The van der Waals surface area contributed by atoms with Crippen LogP contribution in [-0.4, -0.2) is 73.3 Å². The highest BCUT2D eigenvalue weighted by atomic mass is 32.2. The molecule has 190 valence electrons. The molecule has 3 atom stereocenters. The Hall–Kier alpha value is -2.73. The maximum absolute atomic E-state index is 13.4. The molecule has 3 amide bonds. The Balaban J connectivity index is 2.12. The van der Waals surface area contributed by atoms with Crippen molar-refractivity contribution in [2.45, 2.75) is 63.9 Å². The normalized spacial score (nSPS) is 18.3. The topological polar surface area (TPSA) is 142 Å². The maximum atomic E-state index is 13.4. The molecule has 1 fully saturated rings. The predicted octanol–water partition coefficient (Wildman–Crippen LogP) is 2.33. The molecule has 0 spiro atoms. The Morgan fingerprint density at radius 3 is 2.38 bits per heavy atom. The number of nitro benzene ring substituents is 1. The Morgan fingerprint density at radius 2 is 1.85 bits per heavy atom. The van der Waals surface area contributed by atoms with E-state index < -0.39 is 21.0 Å². The van der Waals surface area contributed by atoms with Gasteiger partial charge in [0.2, 0.25) is 15.9 Å². The molecule has 0 bridgehead atoms. The van der Waals surface area contributed by atoms with Crippen molar-refractivity contribution in [2.75, 3.05) is 26.2 Å². The highest BCUT2D eigenvalue weighted by Gasteiger charge is 2.36. The molecule has 1 aromatic rings. The Bertz CT molecular complexity index is 969. The van der Waals surface area contributed by atoms with Gasteiger partial charge in [-0.2, -0.15) is 4.72 Å². The number of rotatable bonds is 10. The number of nitrogens with zero attached hydrogens (tertiary/aromatic N) is 3. The second-order valence-electron chi connectivity index (χ2n) is 8.65. The van der Waals surface area contributed by atoms with E-state index in [1.165, 1.54) is 0 Å². The first kappa shape index (κ1) is 27.5. The van der Waals surface area contributed by atoms with Crippen molar-refractivity contribution < 1.29 is 22.9 Å². The number of carbonyl (C=O) groups is 2. The second kappa shape index (κ2) is 12.1. The van der Waals surface area contributed by atoms with Crippen LogP contribution in [0.25, 0.3) is 0 Å². The monoisotopic (exact) mass is 497 g/mol. The first-order chi connectivity index (χ1) is 16.0. The molecule has 34 heavy (non-hydrogen) atoms. The van der Waals surface area contributed by atoms with Gasteiger partial charge >= 0.3 is 6.03 Å². The van der Waals surface area contributed by atoms with Crippen LogP contribution in [0.4, 0.5) is 10.5 Å². The summed E-state index contributed by atoms with van der Waals surface area (Å²) in [4.78, 5) is 39.2. The molecule has 2 rings (SSSR count). The first-order valence-electron chi connectivity index (χ1n) is 11.6. The van der Waals surface area contributed by atoms with Gasteiger partial charge in [-0.3, -0.25) is 14.9 Å². The Kier molecular flexibility index (Phi) is 9.80. The summed E-state index contributed by atoms with van der Waals surface area (Å²) in [5, 5.41) is 13.7. The molecule has 2 N–H and O–H groups in total. The minimum absolute atomic E-state index is 0.152. The van der Waals surface area contributed by atoms with Crippen LogP contribution in [0, 0.1) is 16.0 Å². The number of sulfonamides is 1. The molecule has 0 aliphatic carbocycles. The third-order valence-corrected chi connectivity index (χ3v) is 7.58. The first-order valence-corrected chi connectivity index (χ1v) is 13.1. The smallest absolute Gasteiger partial charge is 0.317 e. The molecule has 3 unspecified atom stereocenters. The van der Waals surface area contributed by atoms with Gasteiger partial charge in [-0.25, -0.2) is 13.2 Å². The van der Waals surface area contributed by atoms with Crippen molar-refractivity contribution in [3.05, 3.63) is 34.4 Å². The van der Waals surface area contributed by atoms with E-state index in [2.05, 4.69) is 10.0 Å². The van der Waals surface area contributed by atoms with Crippen LogP contribution in [0.3, 0.4) is 0 Å². The zero-order valence-electron chi connectivity index (χ0n) is 20.2. The summed E-state index contributed by atoms with van der Waals surface area (Å²) in [6.07, 6.45) is 2.43. The van der Waals surface area contributed by atoms with Crippen LogP contribution in [-0.2, 0) is 14.8 Å². The number of hydrogen-bond acceptors (Lipinski definition) is 6. The van der Waals surface area contributed by atoms with E-state index >= 15 is 0 Å². The van der Waals surface area contributed by atoms with Gasteiger partial charge in [-0.15, -0.1) is 0 Å². The number of nitrogens with one attached hydrogen (secondary N) is 2. The quantitative estimate of drug-likeness (QED) is 0.289. The minimum atomic E-state index is -4.09. The number of benzene rings is 1. The highest BCUT2D eigenvalue weighted by molar-refractivity contribution is 7.89. The third kappa shape index (κ3) is 6.89. The number of carbonyl (C=O) groups excluding carboxylic acids is 2. The van der Waals surface area contributed by atoms with Crippen molar-refractivity contribution in [2.24, 2.45) is 5.92 Å². The van der Waals surface area contributed by atoms with E-state index in [4.69, 9.17) is 0 Å². The van der Waals surface area contributed by atoms with Crippen LogP contribution in [0.5, 0.6) is 0 Å². The van der Waals surface area contributed by atoms with Crippen molar-refractivity contribution in [3.63, 3.8) is 0 Å². The lowest BCUT2D eigenvalue weighted by Gasteiger charge is -2.41. The van der Waals surface area contributed by atoms with Crippen LogP contribution in [0.1, 0.15) is 47.0 Å². The van der Waals surface area contributed by atoms with Crippen molar-refractivity contribution >= 4 is 27.6 Å². The summed E-state index contributed by atoms with van der Waals surface area (Å²) in [5.41, 5.74) is -0.223. The van der Waals surface area contributed by atoms with Crippen molar-refractivity contribution in [1.82, 2.24) is 19.8 Å². The predicted molar refractivity (Wildman–Crippen MR) is 128 cm³/mol. The largest absolute Gasteiger partial charge is 0.338 e. The summed E-state index contributed by atoms with van der Waals surface area (Å²) in [6.45, 7) is 9.12. The zero-order chi connectivity index (χ0) is 25.5. The molecule has 1 heterocycles. The number of nitro groups is 1. The summed E-state index contributed by atoms with van der Waals surface area (Å²) in [6, 6.07) is 3.14. The number of non-ortho nitro benzene ring substituents is 1. The molecule has 0 saturated carbocycles. The lowest BCUT2D eigenvalue weighted by molar-refractivity contribution is -0.384. The highest BCUT2D eigenvalue weighted by Crippen LogP contribution is 2.20. The lowest BCUT2D eigenvalue weighted by Crippen LogP contribution is -2.61. The average molecular weight is 498 g/mol. The molecule has 12 heteroatoms. The fraction of sp³-hybridized carbons (Fsp3) is 0.636. The van der Waals surface area contributed by atoms with E-state index in [9.17, 15) is 28.1 Å². The number of piperazine rings is 1. The van der Waals surface area contributed by atoms with Gasteiger partial charge < -0.3 is 15.1 Å². The Morgan fingerprint density at radius 1 is 1.21 bits per heavy atom. The molecule has 1 aromatic carbocycles.